The average molecular weight is 330 g/mol. The van der Waals surface area contributed by atoms with Gasteiger partial charge in [-0.1, -0.05) is 6.07 Å². The van der Waals surface area contributed by atoms with Gasteiger partial charge in [-0.15, -0.1) is 0 Å². The largest absolute Gasteiger partial charge is 0.493 e. The third-order valence-corrected chi connectivity index (χ3v) is 3.41. The standard InChI is InChI=1S/C17H18N2O5/c1-23-14-5-3-11(9-15(14)24-2)4-6-16(20)19-13-7-8-18-10-12(13)17(21)22/h3,5,7-10H,4,6H2,1-2H3,(H,21,22)(H,18,19,20). The van der Waals surface area contributed by atoms with Crippen LogP contribution in [0.3, 0.4) is 0 Å². The number of carboxylic acid groups (broad SMARTS) is 1. The number of aryl methyl sites for hydroxylation is 1. The van der Waals surface area contributed by atoms with Crippen molar-refractivity contribution in [3.05, 3.63) is 47.8 Å². The van der Waals surface area contributed by atoms with Crippen molar-refractivity contribution in [2.24, 2.45) is 0 Å². The Labute approximate surface area is 139 Å². The first-order chi connectivity index (χ1) is 11.5. The summed E-state index contributed by atoms with van der Waals surface area (Å²) >= 11 is 0. The van der Waals surface area contributed by atoms with Gasteiger partial charge in [0.2, 0.25) is 5.91 Å². The van der Waals surface area contributed by atoms with Crippen LogP contribution in [-0.4, -0.2) is 36.2 Å². The number of hydrogen-bond acceptors (Lipinski definition) is 5. The van der Waals surface area contributed by atoms with Crippen LogP contribution in [0.4, 0.5) is 5.69 Å². The number of benzene rings is 1. The lowest BCUT2D eigenvalue weighted by Gasteiger charge is -2.10. The lowest BCUT2D eigenvalue weighted by molar-refractivity contribution is -0.116. The molecule has 0 aliphatic carbocycles. The summed E-state index contributed by atoms with van der Waals surface area (Å²) in [4.78, 5) is 26.9. The Bertz CT molecular complexity index is 746. The first-order valence-electron chi connectivity index (χ1n) is 7.23. The molecule has 0 saturated carbocycles. The highest BCUT2D eigenvalue weighted by Gasteiger charge is 2.13. The summed E-state index contributed by atoms with van der Waals surface area (Å²) in [6.45, 7) is 0. The van der Waals surface area contributed by atoms with Gasteiger partial charge in [0, 0.05) is 18.8 Å². The molecule has 0 spiro atoms. The minimum atomic E-state index is -1.14. The van der Waals surface area contributed by atoms with Crippen LogP contribution in [0.1, 0.15) is 22.3 Å². The molecule has 0 saturated heterocycles. The quantitative estimate of drug-likeness (QED) is 0.809. The summed E-state index contributed by atoms with van der Waals surface area (Å²) in [6.07, 6.45) is 3.32. The molecule has 0 aliphatic rings. The van der Waals surface area contributed by atoms with Crippen molar-refractivity contribution in [3.63, 3.8) is 0 Å². The molecule has 0 unspecified atom stereocenters. The van der Waals surface area contributed by atoms with Crippen molar-refractivity contribution < 1.29 is 24.2 Å². The maximum atomic E-state index is 12.1. The number of ether oxygens (including phenoxy) is 2. The second-order valence-corrected chi connectivity index (χ2v) is 4.96. The highest BCUT2D eigenvalue weighted by atomic mass is 16.5. The van der Waals surface area contributed by atoms with E-state index in [0.717, 1.165) is 5.56 Å². The van der Waals surface area contributed by atoms with Crippen LogP contribution < -0.4 is 14.8 Å². The molecule has 2 N–H and O–H groups in total. The number of amides is 1. The molecule has 0 radical (unpaired) electrons. The lowest BCUT2D eigenvalue weighted by atomic mass is 10.1. The summed E-state index contributed by atoms with van der Waals surface area (Å²) in [7, 11) is 3.10. The predicted octanol–water partition coefficient (Wildman–Crippen LogP) is 2.37. The zero-order valence-electron chi connectivity index (χ0n) is 13.4. The van der Waals surface area contributed by atoms with Gasteiger partial charge < -0.3 is 19.9 Å². The van der Waals surface area contributed by atoms with E-state index < -0.39 is 5.97 Å². The van der Waals surface area contributed by atoms with Gasteiger partial charge in [-0.3, -0.25) is 9.78 Å². The molecular formula is C17H18N2O5. The highest BCUT2D eigenvalue weighted by molar-refractivity contribution is 6.00. The van der Waals surface area contributed by atoms with E-state index >= 15 is 0 Å². The topological polar surface area (TPSA) is 97.8 Å². The Morgan fingerprint density at radius 2 is 1.92 bits per heavy atom. The van der Waals surface area contributed by atoms with E-state index in [-0.39, 0.29) is 23.6 Å². The maximum Gasteiger partial charge on any atom is 0.339 e. The highest BCUT2D eigenvalue weighted by Crippen LogP contribution is 2.28. The number of rotatable bonds is 7. The number of carboxylic acids is 1. The maximum absolute atomic E-state index is 12.1. The lowest BCUT2D eigenvalue weighted by Crippen LogP contribution is -2.15. The fourth-order valence-electron chi connectivity index (χ4n) is 2.18. The summed E-state index contributed by atoms with van der Waals surface area (Å²) in [5.74, 6) is -0.205. The summed E-state index contributed by atoms with van der Waals surface area (Å²) in [5.41, 5.74) is 1.10. The van der Waals surface area contributed by atoms with Gasteiger partial charge >= 0.3 is 5.97 Å². The van der Waals surface area contributed by atoms with Gasteiger partial charge in [0.25, 0.3) is 0 Å². The van der Waals surface area contributed by atoms with Crippen LogP contribution >= 0.6 is 0 Å². The van der Waals surface area contributed by atoms with Crippen molar-refractivity contribution in [1.82, 2.24) is 4.98 Å². The fourth-order valence-corrected chi connectivity index (χ4v) is 2.18. The third-order valence-electron chi connectivity index (χ3n) is 3.41. The first kappa shape index (κ1) is 17.3. The molecule has 0 atom stereocenters. The zero-order chi connectivity index (χ0) is 17.5. The molecule has 1 aromatic heterocycles. The number of carbonyl (C=O) groups excluding carboxylic acids is 1. The van der Waals surface area contributed by atoms with Gasteiger partial charge in [0.15, 0.2) is 11.5 Å². The Morgan fingerprint density at radius 1 is 1.17 bits per heavy atom. The number of nitrogens with zero attached hydrogens (tertiary/aromatic N) is 1. The Hall–Kier alpha value is -3.09. The fraction of sp³-hybridized carbons (Fsp3) is 0.235. The number of carbonyl (C=O) groups is 2. The van der Waals surface area contributed by atoms with Crippen molar-refractivity contribution in [1.29, 1.82) is 0 Å². The van der Waals surface area contributed by atoms with Crippen molar-refractivity contribution in [2.45, 2.75) is 12.8 Å². The second-order valence-electron chi connectivity index (χ2n) is 4.96. The molecule has 0 bridgehead atoms. The molecule has 7 heteroatoms. The van der Waals surface area contributed by atoms with Crippen molar-refractivity contribution >= 4 is 17.6 Å². The average Bonchev–Trinajstić information content (AvgIpc) is 2.59. The number of methoxy groups -OCH3 is 2. The van der Waals surface area contributed by atoms with Crippen LogP contribution in [0.2, 0.25) is 0 Å². The van der Waals surface area contributed by atoms with Gasteiger partial charge in [-0.25, -0.2) is 4.79 Å². The Balaban J connectivity index is 2.00. The van der Waals surface area contributed by atoms with E-state index in [0.29, 0.717) is 17.9 Å². The number of pyridine rings is 1. The van der Waals surface area contributed by atoms with E-state index in [1.165, 1.54) is 18.5 Å². The van der Waals surface area contributed by atoms with Crippen LogP contribution in [-0.2, 0) is 11.2 Å². The predicted molar refractivity (Wildman–Crippen MR) is 87.7 cm³/mol. The van der Waals surface area contributed by atoms with Gasteiger partial charge in [0.1, 0.15) is 5.56 Å². The summed E-state index contributed by atoms with van der Waals surface area (Å²) in [5, 5.41) is 11.7. The van der Waals surface area contributed by atoms with E-state index in [2.05, 4.69) is 10.3 Å². The second kappa shape index (κ2) is 7.96. The van der Waals surface area contributed by atoms with Gasteiger partial charge in [0.05, 0.1) is 19.9 Å². The van der Waals surface area contributed by atoms with E-state index in [1.54, 1.807) is 26.4 Å². The number of aromatic nitrogens is 1. The van der Waals surface area contributed by atoms with E-state index in [1.807, 2.05) is 6.07 Å². The van der Waals surface area contributed by atoms with Crippen molar-refractivity contribution in [2.75, 3.05) is 19.5 Å². The first-order valence-corrected chi connectivity index (χ1v) is 7.23. The van der Waals surface area contributed by atoms with Crippen LogP contribution in [0.15, 0.2) is 36.7 Å². The minimum absolute atomic E-state index is 0.0445. The number of hydrogen-bond donors (Lipinski definition) is 2. The normalized spacial score (nSPS) is 10.1. The Kier molecular flexibility index (Phi) is 5.73. The third kappa shape index (κ3) is 4.22. The Morgan fingerprint density at radius 3 is 2.58 bits per heavy atom. The van der Waals surface area contributed by atoms with Crippen LogP contribution in [0.5, 0.6) is 11.5 Å². The number of aromatic carboxylic acids is 1. The SMILES string of the molecule is COc1ccc(CCC(=O)Nc2ccncc2C(=O)O)cc1OC. The molecule has 0 fully saturated rings. The molecule has 2 aromatic rings. The van der Waals surface area contributed by atoms with Crippen LogP contribution in [0.25, 0.3) is 0 Å². The van der Waals surface area contributed by atoms with Gasteiger partial charge in [-0.05, 0) is 30.2 Å². The molecule has 1 aromatic carbocycles. The molecule has 7 nitrogen and oxygen atoms in total. The summed E-state index contributed by atoms with van der Waals surface area (Å²) in [6, 6.07) is 6.89. The molecule has 0 aliphatic heterocycles. The molecule has 1 heterocycles. The van der Waals surface area contributed by atoms with Crippen LogP contribution in [0, 0.1) is 0 Å². The molecule has 2 rings (SSSR count). The zero-order valence-corrected chi connectivity index (χ0v) is 13.4. The van der Waals surface area contributed by atoms with E-state index in [9.17, 15) is 9.59 Å². The molecule has 1 amide bonds. The molecule has 24 heavy (non-hydrogen) atoms. The minimum Gasteiger partial charge on any atom is -0.493 e. The summed E-state index contributed by atoms with van der Waals surface area (Å²) < 4.78 is 10.4. The monoisotopic (exact) mass is 330 g/mol. The van der Waals surface area contributed by atoms with Gasteiger partial charge in [-0.2, -0.15) is 0 Å². The smallest absolute Gasteiger partial charge is 0.339 e. The van der Waals surface area contributed by atoms with Crippen molar-refractivity contribution in [3.8, 4) is 11.5 Å². The number of anilines is 1. The number of nitrogens with one attached hydrogen (secondary N) is 1. The molecular weight excluding hydrogens is 312 g/mol. The molecule has 126 valence electrons. The van der Waals surface area contributed by atoms with E-state index in [4.69, 9.17) is 14.6 Å².